The van der Waals surface area contributed by atoms with Gasteiger partial charge in [0.2, 0.25) is 0 Å². The maximum absolute atomic E-state index is 12.3. The van der Waals surface area contributed by atoms with Crippen molar-refractivity contribution >= 4 is 22.7 Å². The number of fused-ring (bicyclic) bond motifs is 1. The molecule has 0 aliphatic heterocycles. The standard InChI is InChI=1S/C19H21N3O2/c1-5-24-19(23)16-12(3)21-18-15(17(16)20)11(2)13(4)22(18)14-9-7-6-8-10-14/h6-10H,5H2,1-4H3,(H2,20,21). The van der Waals surface area contributed by atoms with Crippen molar-refractivity contribution in [3.8, 4) is 5.69 Å². The second kappa shape index (κ2) is 6.00. The lowest BCUT2D eigenvalue weighted by molar-refractivity contribution is 0.0526. The van der Waals surface area contributed by atoms with Gasteiger partial charge in [-0.2, -0.15) is 0 Å². The molecule has 24 heavy (non-hydrogen) atoms. The highest BCUT2D eigenvalue weighted by atomic mass is 16.5. The van der Waals surface area contributed by atoms with E-state index in [4.69, 9.17) is 10.5 Å². The van der Waals surface area contributed by atoms with Gasteiger partial charge in [0.1, 0.15) is 11.2 Å². The van der Waals surface area contributed by atoms with Gasteiger partial charge < -0.3 is 10.5 Å². The molecule has 0 saturated carbocycles. The first-order chi connectivity index (χ1) is 11.5. The number of carbonyl (C=O) groups excluding carboxylic acids is 1. The summed E-state index contributed by atoms with van der Waals surface area (Å²) in [6.45, 7) is 7.90. The van der Waals surface area contributed by atoms with E-state index >= 15 is 0 Å². The molecule has 3 rings (SSSR count). The number of aryl methyl sites for hydroxylation is 2. The number of hydrogen-bond acceptors (Lipinski definition) is 4. The first-order valence-corrected chi connectivity index (χ1v) is 7.97. The van der Waals surface area contributed by atoms with Crippen molar-refractivity contribution in [1.29, 1.82) is 0 Å². The van der Waals surface area contributed by atoms with E-state index in [0.717, 1.165) is 28.0 Å². The highest BCUT2D eigenvalue weighted by Crippen LogP contribution is 2.34. The molecule has 2 aromatic heterocycles. The second-order valence-electron chi connectivity index (χ2n) is 5.79. The van der Waals surface area contributed by atoms with Gasteiger partial charge in [-0.1, -0.05) is 18.2 Å². The zero-order chi connectivity index (χ0) is 17.4. The van der Waals surface area contributed by atoms with Crippen LogP contribution in [0.15, 0.2) is 30.3 Å². The summed E-state index contributed by atoms with van der Waals surface area (Å²) in [5.41, 5.74) is 11.6. The van der Waals surface area contributed by atoms with Crippen LogP contribution in [0.2, 0.25) is 0 Å². The van der Waals surface area contributed by atoms with E-state index in [1.165, 1.54) is 0 Å². The Bertz CT molecular complexity index is 927. The average molecular weight is 323 g/mol. The zero-order valence-electron chi connectivity index (χ0n) is 14.4. The lowest BCUT2D eigenvalue weighted by Crippen LogP contribution is -2.12. The quantitative estimate of drug-likeness (QED) is 0.746. The van der Waals surface area contributed by atoms with Crippen LogP contribution in [0.5, 0.6) is 0 Å². The number of benzene rings is 1. The Morgan fingerprint density at radius 2 is 1.88 bits per heavy atom. The summed E-state index contributed by atoms with van der Waals surface area (Å²) in [4.78, 5) is 16.9. The molecular weight excluding hydrogens is 302 g/mol. The fourth-order valence-electron chi connectivity index (χ4n) is 3.10. The molecule has 0 radical (unpaired) electrons. The van der Waals surface area contributed by atoms with Gasteiger partial charge in [0, 0.05) is 16.8 Å². The van der Waals surface area contributed by atoms with E-state index in [2.05, 4.69) is 9.55 Å². The fraction of sp³-hybridized carbons (Fsp3) is 0.263. The van der Waals surface area contributed by atoms with Crippen LogP contribution in [0.1, 0.15) is 34.2 Å². The Balaban J connectivity index is 2.36. The van der Waals surface area contributed by atoms with Crippen LogP contribution in [0.3, 0.4) is 0 Å². The molecule has 124 valence electrons. The van der Waals surface area contributed by atoms with E-state index in [-0.39, 0.29) is 0 Å². The normalized spacial score (nSPS) is 11.0. The summed E-state index contributed by atoms with van der Waals surface area (Å²) in [5, 5.41) is 0.810. The van der Waals surface area contributed by atoms with E-state index in [1.54, 1.807) is 13.8 Å². The molecule has 0 saturated heterocycles. The topological polar surface area (TPSA) is 70.1 Å². The maximum Gasteiger partial charge on any atom is 0.342 e. The van der Waals surface area contributed by atoms with Gasteiger partial charge in [0.15, 0.2) is 0 Å². The molecule has 5 nitrogen and oxygen atoms in total. The predicted octanol–water partition coefficient (Wildman–Crippen LogP) is 3.71. The fourth-order valence-corrected chi connectivity index (χ4v) is 3.10. The lowest BCUT2D eigenvalue weighted by Gasteiger charge is -2.11. The molecule has 2 N–H and O–H groups in total. The summed E-state index contributed by atoms with van der Waals surface area (Å²) in [6, 6.07) is 10.00. The van der Waals surface area contributed by atoms with Crippen LogP contribution < -0.4 is 5.73 Å². The summed E-state index contributed by atoms with van der Waals surface area (Å²) < 4.78 is 7.21. The van der Waals surface area contributed by atoms with Crippen LogP contribution in [0.4, 0.5) is 5.69 Å². The summed E-state index contributed by atoms with van der Waals surface area (Å²) in [7, 11) is 0. The molecule has 0 bridgehead atoms. The van der Waals surface area contributed by atoms with Crippen molar-refractivity contribution in [2.45, 2.75) is 27.7 Å². The Morgan fingerprint density at radius 1 is 1.21 bits per heavy atom. The number of carbonyl (C=O) groups is 1. The molecule has 0 unspecified atom stereocenters. The third-order valence-electron chi connectivity index (χ3n) is 4.36. The molecule has 3 aromatic rings. The van der Waals surface area contributed by atoms with Crippen molar-refractivity contribution in [2.75, 3.05) is 12.3 Å². The number of rotatable bonds is 3. The minimum absolute atomic E-state index is 0.304. The highest BCUT2D eigenvalue weighted by Gasteiger charge is 2.23. The van der Waals surface area contributed by atoms with Gasteiger partial charge in [-0.25, -0.2) is 9.78 Å². The van der Waals surface area contributed by atoms with Crippen molar-refractivity contribution in [2.24, 2.45) is 0 Å². The number of hydrogen-bond donors (Lipinski definition) is 1. The van der Waals surface area contributed by atoms with Crippen LogP contribution in [0.25, 0.3) is 16.7 Å². The van der Waals surface area contributed by atoms with Crippen molar-refractivity contribution in [1.82, 2.24) is 9.55 Å². The predicted molar refractivity (Wildman–Crippen MR) is 95.6 cm³/mol. The largest absolute Gasteiger partial charge is 0.462 e. The number of nitrogens with two attached hydrogens (primary N) is 1. The molecule has 0 aliphatic carbocycles. The van der Waals surface area contributed by atoms with Crippen LogP contribution in [-0.2, 0) is 4.74 Å². The minimum Gasteiger partial charge on any atom is -0.462 e. The third-order valence-corrected chi connectivity index (χ3v) is 4.36. The van der Waals surface area contributed by atoms with E-state index in [1.807, 2.05) is 44.2 Å². The summed E-state index contributed by atoms with van der Waals surface area (Å²) in [6.07, 6.45) is 0. The van der Waals surface area contributed by atoms with Gasteiger partial charge in [-0.05, 0) is 45.4 Å². The molecule has 0 spiro atoms. The van der Waals surface area contributed by atoms with Gasteiger partial charge >= 0.3 is 5.97 Å². The molecule has 5 heteroatoms. The van der Waals surface area contributed by atoms with Gasteiger partial charge in [0.05, 0.1) is 18.0 Å². The number of ether oxygens (including phenoxy) is 1. The molecule has 0 aliphatic rings. The summed E-state index contributed by atoms with van der Waals surface area (Å²) in [5.74, 6) is -0.425. The number of aromatic nitrogens is 2. The molecular formula is C19H21N3O2. The molecule has 0 atom stereocenters. The van der Waals surface area contributed by atoms with Crippen molar-refractivity contribution in [3.05, 3.63) is 52.8 Å². The highest BCUT2D eigenvalue weighted by molar-refractivity contribution is 6.06. The van der Waals surface area contributed by atoms with E-state index in [0.29, 0.717) is 23.6 Å². The van der Waals surface area contributed by atoms with Crippen LogP contribution >= 0.6 is 0 Å². The number of para-hydroxylation sites is 1. The monoisotopic (exact) mass is 323 g/mol. The smallest absolute Gasteiger partial charge is 0.342 e. The molecule has 2 heterocycles. The van der Waals surface area contributed by atoms with Gasteiger partial charge in [0.25, 0.3) is 0 Å². The van der Waals surface area contributed by atoms with Gasteiger partial charge in [-0.3, -0.25) is 4.57 Å². The third kappa shape index (κ3) is 2.33. The zero-order valence-corrected chi connectivity index (χ0v) is 14.4. The minimum atomic E-state index is -0.425. The number of nitrogen functional groups attached to an aromatic ring is 1. The Kier molecular flexibility index (Phi) is 4.01. The van der Waals surface area contributed by atoms with Crippen molar-refractivity contribution in [3.63, 3.8) is 0 Å². The lowest BCUT2D eigenvalue weighted by atomic mass is 10.1. The van der Waals surface area contributed by atoms with Crippen LogP contribution in [0, 0.1) is 20.8 Å². The Hall–Kier alpha value is -2.82. The van der Waals surface area contributed by atoms with E-state index < -0.39 is 5.97 Å². The number of nitrogens with zero attached hydrogens (tertiary/aromatic N) is 2. The van der Waals surface area contributed by atoms with E-state index in [9.17, 15) is 4.79 Å². The molecule has 0 amide bonds. The molecule has 0 fully saturated rings. The van der Waals surface area contributed by atoms with Crippen molar-refractivity contribution < 1.29 is 9.53 Å². The van der Waals surface area contributed by atoms with Gasteiger partial charge in [-0.15, -0.1) is 0 Å². The Labute approximate surface area is 141 Å². The first kappa shape index (κ1) is 16.1. The average Bonchev–Trinajstić information content (AvgIpc) is 2.79. The SMILES string of the molecule is CCOC(=O)c1c(C)nc2c(c(C)c(C)n2-c2ccccc2)c1N. The first-order valence-electron chi connectivity index (χ1n) is 7.97. The number of esters is 1. The second-order valence-corrected chi connectivity index (χ2v) is 5.79. The number of anilines is 1. The maximum atomic E-state index is 12.3. The molecule has 1 aromatic carbocycles. The number of pyridine rings is 1. The summed E-state index contributed by atoms with van der Waals surface area (Å²) >= 11 is 0. The van der Waals surface area contributed by atoms with Crippen LogP contribution in [-0.4, -0.2) is 22.1 Å². The Morgan fingerprint density at radius 3 is 2.50 bits per heavy atom.